The summed E-state index contributed by atoms with van der Waals surface area (Å²) in [5.41, 5.74) is 7.90. The van der Waals surface area contributed by atoms with Gasteiger partial charge in [0.2, 0.25) is 5.91 Å². The van der Waals surface area contributed by atoms with Gasteiger partial charge in [0.25, 0.3) is 5.91 Å². The van der Waals surface area contributed by atoms with E-state index in [2.05, 4.69) is 10.3 Å². The number of aromatic nitrogens is 1. The molecular formula is C19H23Cl3N4O2. The number of piperidine rings is 1. The van der Waals surface area contributed by atoms with Crippen molar-refractivity contribution in [3.63, 3.8) is 0 Å². The summed E-state index contributed by atoms with van der Waals surface area (Å²) in [4.78, 5) is 31.0. The monoisotopic (exact) mass is 444 g/mol. The van der Waals surface area contributed by atoms with Crippen LogP contribution in [0.3, 0.4) is 0 Å². The third-order valence-corrected chi connectivity index (χ3v) is 4.85. The predicted molar refractivity (Wildman–Crippen MR) is 117 cm³/mol. The second-order valence-electron chi connectivity index (χ2n) is 6.49. The SMILES string of the molecule is Cc1ccc(N)cc1C(=O)N1CCC(C(=O)Nc2ccc(Cl)cn2)CC1.Cl.Cl. The highest BCUT2D eigenvalue weighted by atomic mass is 35.5. The van der Waals surface area contributed by atoms with Crippen LogP contribution in [-0.4, -0.2) is 34.8 Å². The molecule has 0 spiro atoms. The molecule has 2 amide bonds. The quantitative estimate of drug-likeness (QED) is 0.700. The number of anilines is 2. The molecule has 1 aromatic heterocycles. The number of nitrogens with one attached hydrogen (secondary N) is 1. The van der Waals surface area contributed by atoms with Gasteiger partial charge in [-0.25, -0.2) is 4.98 Å². The zero-order valence-corrected chi connectivity index (χ0v) is 17.7. The molecule has 3 N–H and O–H groups in total. The van der Waals surface area contributed by atoms with Gasteiger partial charge in [0.05, 0.1) is 5.02 Å². The molecule has 0 saturated carbocycles. The number of benzene rings is 1. The smallest absolute Gasteiger partial charge is 0.254 e. The Kier molecular flexibility index (Phi) is 9.01. The maximum atomic E-state index is 12.7. The predicted octanol–water partition coefficient (Wildman–Crippen LogP) is 3.96. The number of amides is 2. The Hall–Kier alpha value is -2.02. The fraction of sp³-hybridized carbons (Fsp3) is 0.316. The van der Waals surface area contributed by atoms with Crippen molar-refractivity contribution in [1.82, 2.24) is 9.88 Å². The van der Waals surface area contributed by atoms with E-state index in [1.165, 1.54) is 6.20 Å². The van der Waals surface area contributed by atoms with Crippen LogP contribution in [0.2, 0.25) is 5.02 Å². The summed E-state index contributed by atoms with van der Waals surface area (Å²) in [5, 5.41) is 3.32. The van der Waals surface area contributed by atoms with Gasteiger partial charge in [-0.1, -0.05) is 17.7 Å². The average molecular weight is 446 g/mol. The van der Waals surface area contributed by atoms with Crippen molar-refractivity contribution >= 4 is 59.7 Å². The first-order valence-electron chi connectivity index (χ1n) is 8.52. The number of nitrogens with two attached hydrogens (primary N) is 1. The minimum Gasteiger partial charge on any atom is -0.399 e. The molecule has 1 fully saturated rings. The summed E-state index contributed by atoms with van der Waals surface area (Å²) in [5.74, 6) is 0.229. The number of hydrogen-bond donors (Lipinski definition) is 2. The fourth-order valence-electron chi connectivity index (χ4n) is 3.06. The van der Waals surface area contributed by atoms with E-state index in [4.69, 9.17) is 17.3 Å². The lowest BCUT2D eigenvalue weighted by molar-refractivity contribution is -0.121. The van der Waals surface area contributed by atoms with E-state index in [0.29, 0.717) is 48.0 Å². The van der Waals surface area contributed by atoms with E-state index in [9.17, 15) is 9.59 Å². The van der Waals surface area contributed by atoms with Crippen molar-refractivity contribution in [2.45, 2.75) is 19.8 Å². The Labute approximate surface area is 181 Å². The van der Waals surface area contributed by atoms with E-state index in [1.807, 2.05) is 13.0 Å². The Balaban J connectivity index is 0.00000196. The van der Waals surface area contributed by atoms with Gasteiger partial charge in [-0.05, 0) is 49.6 Å². The molecule has 2 aromatic rings. The maximum Gasteiger partial charge on any atom is 0.254 e. The molecule has 0 radical (unpaired) electrons. The van der Waals surface area contributed by atoms with Gasteiger partial charge in [-0.2, -0.15) is 0 Å². The molecule has 152 valence electrons. The molecular weight excluding hydrogens is 423 g/mol. The lowest BCUT2D eigenvalue weighted by Crippen LogP contribution is -2.41. The lowest BCUT2D eigenvalue weighted by atomic mass is 9.95. The van der Waals surface area contributed by atoms with Crippen LogP contribution in [0.25, 0.3) is 0 Å². The minimum absolute atomic E-state index is 0. The normalized spacial score (nSPS) is 13.9. The molecule has 3 rings (SSSR count). The van der Waals surface area contributed by atoms with Gasteiger partial charge in [-0.15, -0.1) is 24.8 Å². The first-order chi connectivity index (χ1) is 12.4. The second kappa shape index (κ2) is 10.5. The molecule has 2 heterocycles. The van der Waals surface area contributed by atoms with Crippen molar-refractivity contribution in [3.05, 3.63) is 52.7 Å². The molecule has 1 saturated heterocycles. The van der Waals surface area contributed by atoms with Crippen molar-refractivity contribution in [1.29, 1.82) is 0 Å². The van der Waals surface area contributed by atoms with E-state index in [1.54, 1.807) is 29.2 Å². The van der Waals surface area contributed by atoms with Crippen LogP contribution < -0.4 is 11.1 Å². The first kappa shape index (κ1) is 24.0. The summed E-state index contributed by atoms with van der Waals surface area (Å²) in [6.45, 7) is 2.98. The third kappa shape index (κ3) is 5.74. The van der Waals surface area contributed by atoms with Crippen LogP contribution in [0.4, 0.5) is 11.5 Å². The van der Waals surface area contributed by atoms with Crippen LogP contribution in [0.5, 0.6) is 0 Å². The van der Waals surface area contributed by atoms with E-state index < -0.39 is 0 Å². The van der Waals surface area contributed by atoms with E-state index in [-0.39, 0.29) is 42.5 Å². The lowest BCUT2D eigenvalue weighted by Gasteiger charge is -2.31. The topological polar surface area (TPSA) is 88.3 Å². The number of hydrogen-bond acceptors (Lipinski definition) is 4. The summed E-state index contributed by atoms with van der Waals surface area (Å²) >= 11 is 5.79. The second-order valence-corrected chi connectivity index (χ2v) is 6.93. The Morgan fingerprint density at radius 1 is 1.18 bits per heavy atom. The highest BCUT2D eigenvalue weighted by Gasteiger charge is 2.28. The van der Waals surface area contributed by atoms with E-state index in [0.717, 1.165) is 5.56 Å². The van der Waals surface area contributed by atoms with Gasteiger partial charge in [-0.3, -0.25) is 9.59 Å². The number of rotatable bonds is 3. The number of carbonyl (C=O) groups is 2. The minimum atomic E-state index is -0.140. The Morgan fingerprint density at radius 2 is 1.86 bits per heavy atom. The number of nitrogens with zero attached hydrogens (tertiary/aromatic N) is 2. The van der Waals surface area contributed by atoms with Crippen LogP contribution >= 0.6 is 36.4 Å². The summed E-state index contributed by atoms with van der Waals surface area (Å²) < 4.78 is 0. The molecule has 0 atom stereocenters. The number of aryl methyl sites for hydroxylation is 1. The van der Waals surface area contributed by atoms with Gasteiger partial charge in [0.1, 0.15) is 5.82 Å². The zero-order chi connectivity index (χ0) is 18.7. The highest BCUT2D eigenvalue weighted by Crippen LogP contribution is 2.22. The van der Waals surface area contributed by atoms with Crippen molar-refractivity contribution < 1.29 is 9.59 Å². The van der Waals surface area contributed by atoms with Crippen LogP contribution in [0.1, 0.15) is 28.8 Å². The molecule has 0 bridgehead atoms. The number of halogens is 3. The number of nitrogen functional groups attached to an aromatic ring is 1. The van der Waals surface area contributed by atoms with Crippen molar-refractivity contribution in [2.24, 2.45) is 5.92 Å². The van der Waals surface area contributed by atoms with E-state index >= 15 is 0 Å². The molecule has 28 heavy (non-hydrogen) atoms. The Bertz CT molecular complexity index is 822. The molecule has 6 nitrogen and oxygen atoms in total. The van der Waals surface area contributed by atoms with Crippen molar-refractivity contribution in [3.8, 4) is 0 Å². The van der Waals surface area contributed by atoms with Gasteiger partial charge in [0.15, 0.2) is 0 Å². The molecule has 1 aliphatic heterocycles. The number of likely N-dealkylation sites (tertiary alicyclic amines) is 1. The Morgan fingerprint density at radius 3 is 2.46 bits per heavy atom. The molecule has 1 aromatic carbocycles. The van der Waals surface area contributed by atoms with Crippen molar-refractivity contribution in [2.75, 3.05) is 24.1 Å². The third-order valence-electron chi connectivity index (χ3n) is 4.62. The van der Waals surface area contributed by atoms with Crippen LogP contribution in [0.15, 0.2) is 36.5 Å². The number of pyridine rings is 1. The molecule has 0 unspecified atom stereocenters. The maximum absolute atomic E-state index is 12.7. The molecule has 0 aliphatic carbocycles. The summed E-state index contributed by atoms with van der Waals surface area (Å²) in [6.07, 6.45) is 2.73. The number of carbonyl (C=O) groups excluding carboxylic acids is 2. The molecule has 1 aliphatic rings. The van der Waals surface area contributed by atoms with Gasteiger partial charge >= 0.3 is 0 Å². The summed E-state index contributed by atoms with van der Waals surface area (Å²) in [7, 11) is 0. The van der Waals surface area contributed by atoms with Crippen LogP contribution in [-0.2, 0) is 4.79 Å². The van der Waals surface area contributed by atoms with Gasteiger partial charge in [0, 0.05) is 36.5 Å². The average Bonchev–Trinajstić information content (AvgIpc) is 2.65. The zero-order valence-electron chi connectivity index (χ0n) is 15.4. The first-order valence-corrected chi connectivity index (χ1v) is 8.89. The van der Waals surface area contributed by atoms with Crippen LogP contribution in [0, 0.1) is 12.8 Å². The highest BCUT2D eigenvalue weighted by molar-refractivity contribution is 6.30. The fourth-order valence-corrected chi connectivity index (χ4v) is 3.17. The standard InChI is InChI=1S/C19H21ClN4O2.2ClH/c1-12-2-4-15(21)10-16(12)19(26)24-8-6-13(7-9-24)18(25)23-17-5-3-14(20)11-22-17;;/h2-5,10-11,13H,6-9,21H2,1H3,(H,22,23,25);2*1H. The summed E-state index contributed by atoms with van der Waals surface area (Å²) in [6, 6.07) is 8.69. The molecule has 9 heteroatoms. The van der Waals surface area contributed by atoms with Gasteiger partial charge < -0.3 is 16.0 Å². The largest absolute Gasteiger partial charge is 0.399 e.